The number of rotatable bonds is 5. The van der Waals surface area contributed by atoms with Gasteiger partial charge in [-0.1, -0.05) is 24.3 Å². The van der Waals surface area contributed by atoms with Gasteiger partial charge in [0.1, 0.15) is 0 Å². The van der Waals surface area contributed by atoms with Gasteiger partial charge in [-0.15, -0.1) is 0 Å². The van der Waals surface area contributed by atoms with Crippen molar-refractivity contribution in [2.24, 2.45) is 0 Å². The Bertz CT molecular complexity index is 647. The van der Waals surface area contributed by atoms with Crippen LogP contribution in [0.4, 0.5) is 0 Å². The number of ketones is 1. The molecule has 0 saturated carbocycles. The Kier molecular flexibility index (Phi) is 4.63. The average Bonchev–Trinajstić information content (AvgIpc) is 2.49. The minimum atomic E-state index is -0.566. The topological polar surface area (TPSA) is 35.5 Å². The molecule has 0 heterocycles. The van der Waals surface area contributed by atoms with E-state index in [0.717, 1.165) is 5.56 Å². The first-order valence-corrected chi connectivity index (χ1v) is 6.94. The SMILES string of the molecule is COc1ccccc1OC(C)C(=O)c1ccc(C)c(C)c1. The lowest BCUT2D eigenvalue weighted by molar-refractivity contribution is 0.0814. The van der Waals surface area contributed by atoms with Crippen molar-refractivity contribution in [2.75, 3.05) is 7.11 Å². The van der Waals surface area contributed by atoms with E-state index in [1.807, 2.05) is 50.2 Å². The molecule has 0 N–H and O–H groups in total. The second-order valence-electron chi connectivity index (χ2n) is 5.07. The summed E-state index contributed by atoms with van der Waals surface area (Å²) in [5.41, 5.74) is 2.94. The first kappa shape index (κ1) is 15.1. The van der Waals surface area contributed by atoms with E-state index in [0.29, 0.717) is 17.1 Å². The minimum absolute atomic E-state index is 0.0380. The Labute approximate surface area is 125 Å². The molecule has 21 heavy (non-hydrogen) atoms. The van der Waals surface area contributed by atoms with Gasteiger partial charge in [0.25, 0.3) is 0 Å². The van der Waals surface area contributed by atoms with E-state index in [1.54, 1.807) is 20.1 Å². The fourth-order valence-corrected chi connectivity index (χ4v) is 2.09. The largest absolute Gasteiger partial charge is 0.493 e. The van der Waals surface area contributed by atoms with Crippen LogP contribution >= 0.6 is 0 Å². The summed E-state index contributed by atoms with van der Waals surface area (Å²) < 4.78 is 11.0. The molecule has 0 bridgehead atoms. The Morgan fingerprint density at radius 1 is 1.00 bits per heavy atom. The molecule has 0 radical (unpaired) electrons. The molecule has 0 aliphatic rings. The van der Waals surface area contributed by atoms with Gasteiger partial charge in [-0.05, 0) is 50.1 Å². The predicted octanol–water partition coefficient (Wildman–Crippen LogP) is 3.96. The molecule has 0 saturated heterocycles. The number of carbonyl (C=O) groups excluding carboxylic acids is 1. The van der Waals surface area contributed by atoms with Gasteiger partial charge in [0.15, 0.2) is 17.6 Å². The Balaban J connectivity index is 2.17. The zero-order chi connectivity index (χ0) is 15.4. The van der Waals surface area contributed by atoms with Gasteiger partial charge in [-0.25, -0.2) is 0 Å². The second-order valence-corrected chi connectivity index (χ2v) is 5.07. The molecule has 3 nitrogen and oxygen atoms in total. The predicted molar refractivity (Wildman–Crippen MR) is 83.3 cm³/mol. The van der Waals surface area contributed by atoms with E-state index in [-0.39, 0.29) is 5.78 Å². The number of aryl methyl sites for hydroxylation is 2. The van der Waals surface area contributed by atoms with E-state index in [4.69, 9.17) is 9.47 Å². The highest BCUT2D eigenvalue weighted by Gasteiger charge is 2.18. The van der Waals surface area contributed by atoms with Crippen LogP contribution < -0.4 is 9.47 Å². The van der Waals surface area contributed by atoms with Crippen LogP contribution in [0.3, 0.4) is 0 Å². The molecular weight excluding hydrogens is 264 g/mol. The molecule has 1 unspecified atom stereocenters. The highest BCUT2D eigenvalue weighted by Crippen LogP contribution is 2.27. The Morgan fingerprint density at radius 3 is 2.29 bits per heavy atom. The summed E-state index contributed by atoms with van der Waals surface area (Å²) in [6.45, 7) is 5.78. The maximum Gasteiger partial charge on any atom is 0.203 e. The van der Waals surface area contributed by atoms with Crippen LogP contribution in [0.15, 0.2) is 42.5 Å². The van der Waals surface area contributed by atoms with Crippen molar-refractivity contribution in [3.05, 3.63) is 59.2 Å². The molecule has 0 aliphatic carbocycles. The van der Waals surface area contributed by atoms with Gasteiger partial charge in [-0.2, -0.15) is 0 Å². The Hall–Kier alpha value is -2.29. The monoisotopic (exact) mass is 284 g/mol. The number of hydrogen-bond acceptors (Lipinski definition) is 3. The number of benzene rings is 2. The molecule has 2 aromatic carbocycles. The summed E-state index contributed by atoms with van der Waals surface area (Å²) in [6, 6.07) is 13.0. The zero-order valence-electron chi connectivity index (χ0n) is 12.8. The maximum absolute atomic E-state index is 12.4. The van der Waals surface area contributed by atoms with Crippen LogP contribution in [-0.2, 0) is 0 Å². The maximum atomic E-state index is 12.4. The van der Waals surface area contributed by atoms with E-state index in [2.05, 4.69) is 0 Å². The molecule has 0 aromatic heterocycles. The lowest BCUT2D eigenvalue weighted by Gasteiger charge is -2.16. The normalized spacial score (nSPS) is 11.8. The zero-order valence-corrected chi connectivity index (χ0v) is 12.8. The van der Waals surface area contributed by atoms with Gasteiger partial charge in [-0.3, -0.25) is 4.79 Å². The molecular formula is C18H20O3. The first-order chi connectivity index (χ1) is 10.0. The summed E-state index contributed by atoms with van der Waals surface area (Å²) in [4.78, 5) is 12.4. The minimum Gasteiger partial charge on any atom is -0.493 e. The van der Waals surface area contributed by atoms with Crippen LogP contribution in [0.1, 0.15) is 28.4 Å². The van der Waals surface area contributed by atoms with Crippen molar-refractivity contribution in [2.45, 2.75) is 26.9 Å². The molecule has 2 rings (SSSR count). The van der Waals surface area contributed by atoms with Gasteiger partial charge in [0.05, 0.1) is 7.11 Å². The van der Waals surface area contributed by atoms with Gasteiger partial charge >= 0.3 is 0 Å². The van der Waals surface area contributed by atoms with E-state index >= 15 is 0 Å². The number of Topliss-reactive ketones (excluding diaryl/α,β-unsaturated/α-hetero) is 1. The van der Waals surface area contributed by atoms with Crippen LogP contribution in [0, 0.1) is 13.8 Å². The van der Waals surface area contributed by atoms with Crippen molar-refractivity contribution in [1.29, 1.82) is 0 Å². The molecule has 0 fully saturated rings. The molecule has 1 atom stereocenters. The van der Waals surface area contributed by atoms with Crippen molar-refractivity contribution in [1.82, 2.24) is 0 Å². The van der Waals surface area contributed by atoms with Gasteiger partial charge in [0, 0.05) is 5.56 Å². The highest BCUT2D eigenvalue weighted by atomic mass is 16.5. The summed E-state index contributed by atoms with van der Waals surface area (Å²) in [5.74, 6) is 1.16. The van der Waals surface area contributed by atoms with Crippen molar-refractivity contribution < 1.29 is 14.3 Å². The standard InChI is InChI=1S/C18H20O3/c1-12-9-10-15(11-13(12)2)18(19)14(3)21-17-8-6-5-7-16(17)20-4/h5-11,14H,1-4H3. The number of hydrogen-bond donors (Lipinski definition) is 0. The lowest BCUT2D eigenvalue weighted by Crippen LogP contribution is -2.24. The number of para-hydroxylation sites is 2. The number of carbonyl (C=O) groups is 1. The fraction of sp³-hybridized carbons (Fsp3) is 0.278. The third-order valence-electron chi connectivity index (χ3n) is 3.53. The van der Waals surface area contributed by atoms with E-state index < -0.39 is 6.10 Å². The first-order valence-electron chi connectivity index (χ1n) is 6.94. The molecule has 2 aromatic rings. The van der Waals surface area contributed by atoms with Crippen LogP contribution in [0.25, 0.3) is 0 Å². The van der Waals surface area contributed by atoms with Crippen molar-refractivity contribution >= 4 is 5.78 Å². The Morgan fingerprint density at radius 2 is 1.67 bits per heavy atom. The molecule has 0 spiro atoms. The quantitative estimate of drug-likeness (QED) is 0.780. The third-order valence-corrected chi connectivity index (χ3v) is 3.53. The van der Waals surface area contributed by atoms with E-state index in [1.165, 1.54) is 5.56 Å². The molecule has 110 valence electrons. The number of ether oxygens (including phenoxy) is 2. The summed E-state index contributed by atoms with van der Waals surface area (Å²) >= 11 is 0. The fourth-order valence-electron chi connectivity index (χ4n) is 2.09. The highest BCUT2D eigenvalue weighted by molar-refractivity contribution is 5.99. The van der Waals surface area contributed by atoms with Gasteiger partial charge < -0.3 is 9.47 Å². The van der Waals surface area contributed by atoms with Crippen molar-refractivity contribution in [3.63, 3.8) is 0 Å². The molecule has 3 heteroatoms. The van der Waals surface area contributed by atoms with Crippen LogP contribution in [-0.4, -0.2) is 19.0 Å². The molecule has 0 aliphatic heterocycles. The average molecular weight is 284 g/mol. The summed E-state index contributed by atoms with van der Waals surface area (Å²) in [5, 5.41) is 0. The smallest absolute Gasteiger partial charge is 0.203 e. The summed E-state index contributed by atoms with van der Waals surface area (Å²) in [7, 11) is 1.58. The van der Waals surface area contributed by atoms with Crippen LogP contribution in [0.5, 0.6) is 11.5 Å². The molecule has 0 amide bonds. The second kappa shape index (κ2) is 6.44. The number of methoxy groups -OCH3 is 1. The van der Waals surface area contributed by atoms with Crippen molar-refractivity contribution in [3.8, 4) is 11.5 Å². The van der Waals surface area contributed by atoms with Gasteiger partial charge in [0.2, 0.25) is 5.78 Å². The summed E-state index contributed by atoms with van der Waals surface area (Å²) in [6.07, 6.45) is -0.566. The lowest BCUT2D eigenvalue weighted by atomic mass is 10.0. The van der Waals surface area contributed by atoms with E-state index in [9.17, 15) is 4.79 Å². The third kappa shape index (κ3) is 3.43. The van der Waals surface area contributed by atoms with Crippen LogP contribution in [0.2, 0.25) is 0 Å².